The van der Waals surface area contributed by atoms with Crippen LogP contribution >= 0.6 is 11.8 Å². The molecule has 1 aliphatic rings. The van der Waals surface area contributed by atoms with Crippen LogP contribution in [0.4, 0.5) is 5.69 Å². The molecule has 0 saturated carbocycles. The summed E-state index contributed by atoms with van der Waals surface area (Å²) in [6.45, 7) is 2.29. The summed E-state index contributed by atoms with van der Waals surface area (Å²) in [6.07, 6.45) is 3.76. The van der Waals surface area contributed by atoms with Gasteiger partial charge < -0.3 is 9.88 Å². The average Bonchev–Trinajstić information content (AvgIpc) is 3.19. The van der Waals surface area contributed by atoms with Gasteiger partial charge in [0, 0.05) is 22.7 Å². The summed E-state index contributed by atoms with van der Waals surface area (Å²) in [5, 5.41) is 13.4. The van der Waals surface area contributed by atoms with Gasteiger partial charge in [0.2, 0.25) is 0 Å². The molecule has 4 rings (SSSR count). The van der Waals surface area contributed by atoms with Crippen LogP contribution in [0.15, 0.2) is 64.6 Å². The van der Waals surface area contributed by atoms with Crippen molar-refractivity contribution in [1.82, 2.24) is 9.88 Å². The van der Waals surface area contributed by atoms with Crippen molar-refractivity contribution in [2.45, 2.75) is 13.5 Å². The molecule has 1 N–H and O–H groups in total. The second-order valence-corrected chi connectivity index (χ2v) is 7.24. The van der Waals surface area contributed by atoms with Crippen molar-refractivity contribution in [3.8, 4) is 6.07 Å². The number of aliphatic imine (C=N–C) groups is 1. The molecule has 2 aromatic carbocycles. The minimum Gasteiger partial charge on any atom is -0.333 e. The quantitative estimate of drug-likeness (QED) is 0.694. The van der Waals surface area contributed by atoms with Crippen LogP contribution < -0.4 is 5.32 Å². The van der Waals surface area contributed by atoms with Gasteiger partial charge in [0.25, 0.3) is 5.91 Å². The standard InChI is InChI=1S/C21H16N4OS/c1-14-6-8-16(9-7-14)23-21-24-20(26)19(27-21)12-15-13-25(11-10-22)18-5-3-2-4-17(15)18/h2-9,12-13H,11H2,1H3,(H,23,24,26)/b19-12+. The lowest BCUT2D eigenvalue weighted by molar-refractivity contribution is -0.115. The third kappa shape index (κ3) is 3.50. The molecule has 0 atom stereocenters. The number of aromatic nitrogens is 1. The summed E-state index contributed by atoms with van der Waals surface area (Å²) in [5.74, 6) is -0.164. The predicted molar refractivity (Wildman–Crippen MR) is 110 cm³/mol. The number of thioether (sulfide) groups is 1. The molecule has 1 saturated heterocycles. The summed E-state index contributed by atoms with van der Waals surface area (Å²) in [6, 6.07) is 17.9. The molecule has 1 aromatic heterocycles. The smallest absolute Gasteiger partial charge is 0.264 e. The molecule has 0 spiro atoms. The number of aryl methyl sites for hydroxylation is 1. The highest BCUT2D eigenvalue weighted by Gasteiger charge is 2.24. The van der Waals surface area contributed by atoms with Gasteiger partial charge >= 0.3 is 0 Å². The molecule has 0 aliphatic carbocycles. The molecule has 27 heavy (non-hydrogen) atoms. The largest absolute Gasteiger partial charge is 0.333 e. The highest BCUT2D eigenvalue weighted by Crippen LogP contribution is 2.31. The van der Waals surface area contributed by atoms with Crippen LogP contribution in [0.1, 0.15) is 11.1 Å². The van der Waals surface area contributed by atoms with Crippen molar-refractivity contribution in [3.05, 3.63) is 70.8 Å². The minimum absolute atomic E-state index is 0.164. The number of fused-ring (bicyclic) bond motifs is 1. The molecule has 1 aliphatic heterocycles. The van der Waals surface area contributed by atoms with Crippen molar-refractivity contribution in [2.75, 3.05) is 0 Å². The minimum atomic E-state index is -0.164. The number of para-hydroxylation sites is 1. The Labute approximate surface area is 161 Å². The fourth-order valence-corrected chi connectivity index (χ4v) is 3.79. The lowest BCUT2D eigenvalue weighted by atomic mass is 10.1. The SMILES string of the molecule is Cc1ccc(N=C2NC(=O)/C(=C\c3cn(CC#N)c4ccccc34)S2)cc1. The summed E-state index contributed by atoms with van der Waals surface area (Å²) in [4.78, 5) is 17.4. The fourth-order valence-electron chi connectivity index (χ4n) is 2.96. The van der Waals surface area contributed by atoms with Gasteiger partial charge in [-0.15, -0.1) is 0 Å². The zero-order valence-electron chi connectivity index (χ0n) is 14.6. The maximum atomic E-state index is 12.4. The third-order valence-electron chi connectivity index (χ3n) is 4.26. The molecule has 0 bridgehead atoms. The first-order valence-corrected chi connectivity index (χ1v) is 9.27. The summed E-state index contributed by atoms with van der Waals surface area (Å²) >= 11 is 1.32. The Morgan fingerprint density at radius 3 is 2.78 bits per heavy atom. The molecular weight excluding hydrogens is 356 g/mol. The first kappa shape index (κ1) is 17.1. The number of carbonyl (C=O) groups excluding carboxylic acids is 1. The van der Waals surface area contributed by atoms with Gasteiger partial charge in [-0.3, -0.25) is 4.79 Å². The van der Waals surface area contributed by atoms with E-state index >= 15 is 0 Å². The maximum Gasteiger partial charge on any atom is 0.264 e. The van der Waals surface area contributed by atoms with Crippen LogP contribution in [0.25, 0.3) is 17.0 Å². The Hall–Kier alpha value is -3.30. The number of amides is 1. The van der Waals surface area contributed by atoms with Gasteiger partial charge in [-0.1, -0.05) is 35.9 Å². The van der Waals surface area contributed by atoms with Gasteiger partial charge in [-0.05, 0) is 43.0 Å². The Kier molecular flexibility index (Phi) is 4.53. The lowest BCUT2D eigenvalue weighted by Gasteiger charge is -1.97. The van der Waals surface area contributed by atoms with E-state index in [1.807, 2.05) is 72.3 Å². The molecule has 2 heterocycles. The summed E-state index contributed by atoms with van der Waals surface area (Å²) in [5.41, 5.74) is 3.85. The number of nitrogens with one attached hydrogen (secondary N) is 1. The van der Waals surface area contributed by atoms with Crippen molar-refractivity contribution in [1.29, 1.82) is 5.26 Å². The number of rotatable bonds is 3. The van der Waals surface area contributed by atoms with E-state index < -0.39 is 0 Å². The van der Waals surface area contributed by atoms with Crippen LogP contribution in [0.5, 0.6) is 0 Å². The molecule has 1 fully saturated rings. The Morgan fingerprint density at radius 1 is 1.22 bits per heavy atom. The van der Waals surface area contributed by atoms with Crippen LogP contribution in [0.3, 0.4) is 0 Å². The van der Waals surface area contributed by atoms with Crippen LogP contribution in [-0.4, -0.2) is 15.6 Å². The van der Waals surface area contributed by atoms with E-state index in [2.05, 4.69) is 16.4 Å². The Morgan fingerprint density at radius 2 is 2.00 bits per heavy atom. The first-order valence-electron chi connectivity index (χ1n) is 8.45. The molecule has 132 valence electrons. The van der Waals surface area contributed by atoms with Crippen molar-refractivity contribution in [3.63, 3.8) is 0 Å². The van der Waals surface area contributed by atoms with Crippen molar-refractivity contribution < 1.29 is 4.79 Å². The molecule has 5 nitrogen and oxygen atoms in total. The number of carbonyl (C=O) groups is 1. The van der Waals surface area contributed by atoms with Gasteiger partial charge in [0.1, 0.15) is 6.54 Å². The highest BCUT2D eigenvalue weighted by atomic mass is 32.2. The zero-order chi connectivity index (χ0) is 18.8. The normalized spacial score (nSPS) is 16.8. The molecular formula is C21H16N4OS. The molecule has 6 heteroatoms. The van der Waals surface area contributed by atoms with E-state index in [0.717, 1.165) is 27.7 Å². The summed E-state index contributed by atoms with van der Waals surface area (Å²) < 4.78 is 1.89. The number of hydrogen-bond acceptors (Lipinski definition) is 4. The predicted octanol–water partition coefficient (Wildman–Crippen LogP) is 4.36. The van der Waals surface area contributed by atoms with E-state index in [4.69, 9.17) is 5.26 Å². The first-order chi connectivity index (χ1) is 13.1. The second kappa shape index (κ2) is 7.14. The van der Waals surface area contributed by atoms with E-state index in [9.17, 15) is 4.79 Å². The van der Waals surface area contributed by atoms with E-state index in [1.165, 1.54) is 11.8 Å². The monoisotopic (exact) mass is 372 g/mol. The van der Waals surface area contributed by atoms with Crippen LogP contribution in [0, 0.1) is 18.3 Å². The number of nitriles is 1. The summed E-state index contributed by atoms with van der Waals surface area (Å²) in [7, 11) is 0. The Balaban J connectivity index is 1.67. The fraction of sp³-hybridized carbons (Fsp3) is 0.0952. The van der Waals surface area contributed by atoms with E-state index in [0.29, 0.717) is 10.1 Å². The number of amidine groups is 1. The third-order valence-corrected chi connectivity index (χ3v) is 5.17. The van der Waals surface area contributed by atoms with Gasteiger partial charge in [0.15, 0.2) is 5.17 Å². The van der Waals surface area contributed by atoms with Gasteiger partial charge in [-0.2, -0.15) is 5.26 Å². The number of nitrogens with zero attached hydrogens (tertiary/aromatic N) is 3. The lowest BCUT2D eigenvalue weighted by Crippen LogP contribution is -2.19. The molecule has 0 unspecified atom stereocenters. The molecule has 1 amide bonds. The second-order valence-electron chi connectivity index (χ2n) is 6.20. The van der Waals surface area contributed by atoms with Crippen molar-refractivity contribution >= 4 is 45.5 Å². The highest BCUT2D eigenvalue weighted by molar-refractivity contribution is 8.18. The molecule has 3 aromatic rings. The van der Waals surface area contributed by atoms with E-state index in [1.54, 1.807) is 0 Å². The molecule has 0 radical (unpaired) electrons. The number of benzene rings is 2. The topological polar surface area (TPSA) is 70.2 Å². The number of hydrogen-bond donors (Lipinski definition) is 1. The van der Waals surface area contributed by atoms with Crippen molar-refractivity contribution in [2.24, 2.45) is 4.99 Å². The van der Waals surface area contributed by atoms with Crippen LogP contribution in [0.2, 0.25) is 0 Å². The average molecular weight is 372 g/mol. The zero-order valence-corrected chi connectivity index (χ0v) is 15.5. The van der Waals surface area contributed by atoms with Crippen LogP contribution in [-0.2, 0) is 11.3 Å². The maximum absolute atomic E-state index is 12.4. The van der Waals surface area contributed by atoms with Gasteiger partial charge in [-0.25, -0.2) is 4.99 Å². The van der Waals surface area contributed by atoms with Gasteiger partial charge in [0.05, 0.1) is 16.7 Å². The van der Waals surface area contributed by atoms with E-state index in [-0.39, 0.29) is 12.5 Å². The Bertz CT molecular complexity index is 1130.